The largest absolute Gasteiger partial charge is 0.494 e. The zero-order valence-electron chi connectivity index (χ0n) is 20.6. The summed E-state index contributed by atoms with van der Waals surface area (Å²) in [7, 11) is 1.59. The maximum absolute atomic E-state index is 13.6. The van der Waals surface area contributed by atoms with Crippen molar-refractivity contribution in [1.29, 1.82) is 0 Å². The summed E-state index contributed by atoms with van der Waals surface area (Å²) < 4.78 is 34.3. The van der Waals surface area contributed by atoms with Crippen molar-refractivity contribution in [3.05, 3.63) is 82.8 Å². The van der Waals surface area contributed by atoms with E-state index in [0.29, 0.717) is 23.4 Å². The summed E-state index contributed by atoms with van der Waals surface area (Å²) in [6, 6.07) is 12.2. The van der Waals surface area contributed by atoms with Gasteiger partial charge in [0.25, 0.3) is 0 Å². The van der Waals surface area contributed by atoms with Gasteiger partial charge >= 0.3 is 0 Å². The average molecular weight is 525 g/mol. The van der Waals surface area contributed by atoms with Gasteiger partial charge in [-0.2, -0.15) is 4.98 Å². The first-order valence-electron chi connectivity index (χ1n) is 12.1. The molecular weight excluding hydrogens is 498 g/mol. The highest BCUT2D eigenvalue weighted by molar-refractivity contribution is 6.29. The monoisotopic (exact) mass is 524 g/mol. The number of aromatic nitrogens is 4. The highest BCUT2D eigenvalue weighted by Crippen LogP contribution is 2.41. The number of methoxy groups -OCH3 is 1. The highest BCUT2D eigenvalue weighted by Gasteiger charge is 2.31. The van der Waals surface area contributed by atoms with E-state index in [-0.39, 0.29) is 18.3 Å². The summed E-state index contributed by atoms with van der Waals surface area (Å²) >= 11 is 5.98. The number of imidazole rings is 1. The highest BCUT2D eigenvalue weighted by atomic mass is 35.5. The molecule has 0 amide bonds. The van der Waals surface area contributed by atoms with E-state index in [1.54, 1.807) is 36.3 Å². The average Bonchev–Trinajstić information content (AvgIpc) is 3.53. The number of benzene rings is 2. The molecule has 0 radical (unpaired) electrons. The van der Waals surface area contributed by atoms with Gasteiger partial charge in [0.05, 0.1) is 18.5 Å². The molecule has 0 fully saturated rings. The van der Waals surface area contributed by atoms with Crippen molar-refractivity contribution >= 4 is 29.1 Å². The van der Waals surface area contributed by atoms with E-state index in [4.69, 9.17) is 26.3 Å². The SMILES string of the molecule is CCN(CCF)c1nc(Nc2ccc(-n3cnc(Cl)c3)c(OC)c2)nc2c1CCC2c1ccc(F)cc1. The quantitative estimate of drug-likeness (QED) is 0.286. The van der Waals surface area contributed by atoms with E-state index < -0.39 is 6.67 Å². The lowest BCUT2D eigenvalue weighted by Gasteiger charge is -2.24. The summed E-state index contributed by atoms with van der Waals surface area (Å²) in [6.07, 6.45) is 4.91. The number of hydrogen-bond donors (Lipinski definition) is 1. The van der Waals surface area contributed by atoms with Gasteiger partial charge in [-0.25, -0.2) is 18.7 Å². The first-order valence-corrected chi connectivity index (χ1v) is 12.5. The molecule has 2 heterocycles. The fourth-order valence-corrected chi connectivity index (χ4v) is 4.97. The Kier molecular flexibility index (Phi) is 7.23. The maximum Gasteiger partial charge on any atom is 0.229 e. The number of hydrogen-bond acceptors (Lipinski definition) is 6. The second-order valence-electron chi connectivity index (χ2n) is 8.76. The van der Waals surface area contributed by atoms with E-state index in [2.05, 4.69) is 10.3 Å². The van der Waals surface area contributed by atoms with Crippen molar-refractivity contribution < 1.29 is 13.5 Å². The van der Waals surface area contributed by atoms with Crippen LogP contribution in [0.1, 0.15) is 36.1 Å². The normalized spacial score (nSPS) is 14.5. The van der Waals surface area contributed by atoms with Gasteiger partial charge in [0.2, 0.25) is 5.95 Å². The molecule has 4 aromatic rings. The fourth-order valence-electron chi connectivity index (χ4n) is 4.82. The van der Waals surface area contributed by atoms with Crippen LogP contribution in [0.3, 0.4) is 0 Å². The van der Waals surface area contributed by atoms with Gasteiger partial charge in [-0.1, -0.05) is 23.7 Å². The number of rotatable bonds is 9. The van der Waals surface area contributed by atoms with Crippen molar-refractivity contribution in [1.82, 2.24) is 19.5 Å². The minimum Gasteiger partial charge on any atom is -0.494 e. The Balaban J connectivity index is 1.53. The molecular formula is C27H27ClF2N6O. The van der Waals surface area contributed by atoms with Crippen molar-refractivity contribution in [3.63, 3.8) is 0 Å². The summed E-state index contributed by atoms with van der Waals surface area (Å²) in [4.78, 5) is 15.7. The Morgan fingerprint density at radius 1 is 1.19 bits per heavy atom. The summed E-state index contributed by atoms with van der Waals surface area (Å²) in [5.74, 6) is 1.47. The molecule has 0 saturated carbocycles. The first kappa shape index (κ1) is 25.0. The van der Waals surface area contributed by atoms with Gasteiger partial charge in [0, 0.05) is 42.5 Å². The molecule has 37 heavy (non-hydrogen) atoms. The van der Waals surface area contributed by atoms with Crippen LogP contribution in [-0.4, -0.2) is 46.4 Å². The van der Waals surface area contributed by atoms with Crippen LogP contribution in [0.25, 0.3) is 5.69 Å². The van der Waals surface area contributed by atoms with Crippen molar-refractivity contribution in [2.24, 2.45) is 0 Å². The Morgan fingerprint density at radius 2 is 2.00 bits per heavy atom. The standard InChI is InChI=1S/C27H27ClF2N6O/c1-3-35(13-12-29)26-21-10-9-20(17-4-6-18(30)7-5-17)25(21)33-27(34-26)32-19-8-11-22(23(14-19)37-2)36-15-24(28)31-16-36/h4-8,11,14-16,20H,3,9-10,12-13H2,1-2H3,(H,32,33,34). The van der Waals surface area contributed by atoms with E-state index in [0.717, 1.165) is 46.9 Å². The fraction of sp³-hybridized carbons (Fsp3) is 0.296. The van der Waals surface area contributed by atoms with Crippen LogP contribution >= 0.6 is 11.6 Å². The van der Waals surface area contributed by atoms with E-state index in [1.165, 1.54) is 12.1 Å². The molecule has 0 saturated heterocycles. The molecule has 0 bridgehead atoms. The Hall–Kier alpha value is -3.72. The molecule has 10 heteroatoms. The first-order chi connectivity index (χ1) is 18.0. The van der Waals surface area contributed by atoms with Crippen LogP contribution in [-0.2, 0) is 6.42 Å². The minimum atomic E-state index is -0.478. The molecule has 2 aromatic heterocycles. The van der Waals surface area contributed by atoms with Crippen LogP contribution in [0.15, 0.2) is 55.0 Å². The maximum atomic E-state index is 13.6. The summed E-state index contributed by atoms with van der Waals surface area (Å²) in [5.41, 5.74) is 4.39. The second-order valence-corrected chi connectivity index (χ2v) is 9.15. The van der Waals surface area contributed by atoms with Crippen LogP contribution in [0.2, 0.25) is 5.15 Å². The molecule has 1 unspecified atom stereocenters. The molecule has 2 aromatic carbocycles. The summed E-state index contributed by atoms with van der Waals surface area (Å²) in [5, 5.41) is 3.68. The van der Waals surface area contributed by atoms with Gasteiger partial charge in [-0.3, -0.25) is 0 Å². The van der Waals surface area contributed by atoms with Gasteiger partial charge in [-0.05, 0) is 49.6 Å². The third kappa shape index (κ3) is 5.09. The van der Waals surface area contributed by atoms with Gasteiger partial charge in [-0.15, -0.1) is 0 Å². The molecule has 5 rings (SSSR count). The molecule has 7 nitrogen and oxygen atoms in total. The van der Waals surface area contributed by atoms with Gasteiger partial charge in [0.1, 0.15) is 35.5 Å². The molecule has 1 N–H and O–H groups in total. The number of fused-ring (bicyclic) bond motifs is 1. The number of halogens is 3. The molecule has 192 valence electrons. The number of nitrogens with zero attached hydrogens (tertiary/aromatic N) is 5. The third-order valence-electron chi connectivity index (χ3n) is 6.60. The molecule has 0 spiro atoms. The lowest BCUT2D eigenvalue weighted by atomic mass is 9.97. The summed E-state index contributed by atoms with van der Waals surface area (Å²) in [6.45, 7) is 2.37. The molecule has 0 aliphatic heterocycles. The van der Waals surface area contributed by atoms with Crippen LogP contribution in [0.5, 0.6) is 5.75 Å². The van der Waals surface area contributed by atoms with Crippen molar-refractivity contribution in [3.8, 4) is 11.4 Å². The molecule has 1 aliphatic carbocycles. The number of ether oxygens (including phenoxy) is 1. The van der Waals surface area contributed by atoms with Crippen LogP contribution in [0.4, 0.5) is 26.2 Å². The lowest BCUT2D eigenvalue weighted by Crippen LogP contribution is -2.28. The number of alkyl halides is 1. The zero-order chi connectivity index (χ0) is 25.9. The number of anilines is 3. The number of nitrogens with one attached hydrogen (secondary N) is 1. The zero-order valence-corrected chi connectivity index (χ0v) is 21.3. The van der Waals surface area contributed by atoms with Crippen LogP contribution < -0.4 is 15.0 Å². The Labute approximate surface area is 219 Å². The van der Waals surface area contributed by atoms with Crippen LogP contribution in [0, 0.1) is 5.82 Å². The van der Waals surface area contributed by atoms with Crippen molar-refractivity contribution in [2.75, 3.05) is 37.1 Å². The topological polar surface area (TPSA) is 68.1 Å². The Morgan fingerprint density at radius 3 is 2.68 bits per heavy atom. The Bertz CT molecular complexity index is 1390. The smallest absolute Gasteiger partial charge is 0.229 e. The van der Waals surface area contributed by atoms with E-state index in [9.17, 15) is 8.78 Å². The molecule has 1 aliphatic rings. The van der Waals surface area contributed by atoms with Gasteiger partial charge < -0.3 is 19.5 Å². The van der Waals surface area contributed by atoms with Crippen molar-refractivity contribution in [2.45, 2.75) is 25.7 Å². The second kappa shape index (κ2) is 10.7. The van der Waals surface area contributed by atoms with E-state index >= 15 is 0 Å². The lowest BCUT2D eigenvalue weighted by molar-refractivity contribution is 0.413. The predicted molar refractivity (Wildman–Crippen MR) is 141 cm³/mol. The minimum absolute atomic E-state index is 0.00452. The third-order valence-corrected chi connectivity index (χ3v) is 6.80. The van der Waals surface area contributed by atoms with Gasteiger partial charge in [0.15, 0.2) is 0 Å². The van der Waals surface area contributed by atoms with E-state index in [1.807, 2.05) is 30.0 Å². The molecule has 1 atom stereocenters. The predicted octanol–water partition coefficient (Wildman–Crippen LogP) is 6.08.